The Balaban J connectivity index is 1.91. The molecule has 1 fully saturated rings. The average molecular weight is 356 g/mol. The van der Waals surface area contributed by atoms with Crippen molar-refractivity contribution in [2.24, 2.45) is 11.1 Å². The summed E-state index contributed by atoms with van der Waals surface area (Å²) < 4.78 is 22.6. The van der Waals surface area contributed by atoms with Crippen molar-refractivity contribution < 1.29 is 13.3 Å². The maximum atomic E-state index is 11.3. The minimum absolute atomic E-state index is 0.258. The molecule has 8 nitrogen and oxygen atoms in total. The van der Waals surface area contributed by atoms with Crippen LogP contribution in [0.1, 0.15) is 25.7 Å². The third-order valence-electron chi connectivity index (χ3n) is 4.44. The first kappa shape index (κ1) is 18.6. The molecule has 1 aliphatic heterocycles. The number of benzene rings is 1. The largest absolute Gasteiger partial charge is 0.379 e. The van der Waals surface area contributed by atoms with Crippen LogP contribution in [0.3, 0.4) is 0 Å². The van der Waals surface area contributed by atoms with E-state index in [0.29, 0.717) is 18.2 Å². The number of likely N-dealkylation sites (tertiary alicyclic amines) is 1. The quantitative estimate of drug-likeness (QED) is 0.437. The van der Waals surface area contributed by atoms with Gasteiger partial charge in [-0.05, 0) is 63.9 Å². The van der Waals surface area contributed by atoms with Gasteiger partial charge in [0, 0.05) is 12.6 Å². The lowest BCUT2D eigenvalue weighted by molar-refractivity contribution is -0.384. The molecule has 1 aromatic carbocycles. The topological polar surface area (TPSA) is 119 Å². The summed E-state index contributed by atoms with van der Waals surface area (Å²) in [6.07, 6.45) is 4.39. The van der Waals surface area contributed by atoms with E-state index in [9.17, 15) is 18.5 Å². The van der Waals surface area contributed by atoms with E-state index in [1.807, 2.05) is 0 Å². The van der Waals surface area contributed by atoms with Crippen LogP contribution in [0.25, 0.3) is 0 Å². The first-order valence-electron chi connectivity index (χ1n) is 8.01. The molecule has 0 saturated carbocycles. The molecule has 3 N–H and O–H groups in total. The Morgan fingerprint density at radius 3 is 2.62 bits per heavy atom. The van der Waals surface area contributed by atoms with Gasteiger partial charge in [0.15, 0.2) is 0 Å². The van der Waals surface area contributed by atoms with Crippen molar-refractivity contribution in [3.8, 4) is 0 Å². The van der Waals surface area contributed by atoms with Crippen LogP contribution in [0.15, 0.2) is 23.1 Å². The molecule has 0 bridgehead atoms. The zero-order valence-corrected chi connectivity index (χ0v) is 14.6. The first-order valence-corrected chi connectivity index (χ1v) is 9.55. The number of sulfonamides is 1. The van der Waals surface area contributed by atoms with Gasteiger partial charge < -0.3 is 10.2 Å². The molecule has 134 valence electrons. The van der Waals surface area contributed by atoms with Crippen LogP contribution in [0.2, 0.25) is 0 Å². The summed E-state index contributed by atoms with van der Waals surface area (Å²) >= 11 is 0. The smallest absolute Gasteiger partial charge is 0.293 e. The van der Waals surface area contributed by atoms with Crippen LogP contribution in [-0.4, -0.2) is 44.9 Å². The highest BCUT2D eigenvalue weighted by molar-refractivity contribution is 7.89. The van der Waals surface area contributed by atoms with Gasteiger partial charge in [-0.3, -0.25) is 10.1 Å². The minimum atomic E-state index is -3.96. The van der Waals surface area contributed by atoms with E-state index in [-0.39, 0.29) is 10.6 Å². The number of anilines is 1. The number of hydrogen-bond acceptors (Lipinski definition) is 6. The Morgan fingerprint density at radius 2 is 2.04 bits per heavy atom. The summed E-state index contributed by atoms with van der Waals surface area (Å²) in [6.45, 7) is 2.86. The van der Waals surface area contributed by atoms with E-state index in [2.05, 4.69) is 17.3 Å². The van der Waals surface area contributed by atoms with Gasteiger partial charge in [0.2, 0.25) is 10.0 Å². The fourth-order valence-corrected chi connectivity index (χ4v) is 3.49. The Labute approximate surface area is 142 Å². The molecule has 2 rings (SSSR count). The Bertz CT molecular complexity index is 685. The van der Waals surface area contributed by atoms with E-state index < -0.39 is 14.9 Å². The van der Waals surface area contributed by atoms with Crippen molar-refractivity contribution in [3.63, 3.8) is 0 Å². The predicted octanol–water partition coefficient (Wildman–Crippen LogP) is 1.78. The van der Waals surface area contributed by atoms with Gasteiger partial charge in [-0.2, -0.15) is 0 Å². The number of nitro groups is 1. The standard InChI is InChI=1S/C15H24N4O4S/c1-18-9-6-12(7-10-18)3-2-8-17-14-5-4-13(24(16,22)23)11-15(14)19(20)21/h4-5,11-12,17H,2-3,6-10H2,1H3,(H2,16,22,23). The third kappa shape index (κ3) is 5.15. The van der Waals surface area contributed by atoms with E-state index in [1.54, 1.807) is 0 Å². The van der Waals surface area contributed by atoms with Gasteiger partial charge in [-0.25, -0.2) is 13.6 Å². The number of nitrogens with zero attached hydrogens (tertiary/aromatic N) is 2. The van der Waals surface area contributed by atoms with E-state index >= 15 is 0 Å². The molecule has 1 aromatic rings. The summed E-state index contributed by atoms with van der Waals surface area (Å²) in [7, 11) is -1.83. The van der Waals surface area contributed by atoms with Gasteiger partial charge in [0.25, 0.3) is 5.69 Å². The minimum Gasteiger partial charge on any atom is -0.379 e. The second-order valence-corrected chi connectivity index (χ2v) is 7.86. The van der Waals surface area contributed by atoms with Gasteiger partial charge >= 0.3 is 0 Å². The van der Waals surface area contributed by atoms with Crippen LogP contribution < -0.4 is 10.5 Å². The molecule has 0 radical (unpaired) electrons. The summed E-state index contributed by atoms with van der Waals surface area (Å²) in [5.41, 5.74) is 0.0385. The van der Waals surface area contributed by atoms with Crippen LogP contribution in [0.5, 0.6) is 0 Å². The molecule has 1 heterocycles. The van der Waals surface area contributed by atoms with Crippen molar-refractivity contribution in [1.82, 2.24) is 4.90 Å². The van der Waals surface area contributed by atoms with Crippen molar-refractivity contribution >= 4 is 21.4 Å². The maximum absolute atomic E-state index is 11.3. The molecule has 0 atom stereocenters. The SMILES string of the molecule is CN1CCC(CCCNc2ccc(S(N)(=O)=O)cc2[N+](=O)[O-])CC1. The highest BCUT2D eigenvalue weighted by atomic mass is 32.2. The Kier molecular flexibility index (Phi) is 6.14. The van der Waals surface area contributed by atoms with Crippen molar-refractivity contribution in [2.75, 3.05) is 32.0 Å². The van der Waals surface area contributed by atoms with E-state index in [4.69, 9.17) is 5.14 Å². The number of piperidine rings is 1. The second kappa shape index (κ2) is 7.91. The summed E-state index contributed by atoms with van der Waals surface area (Å²) in [6, 6.07) is 3.67. The zero-order chi connectivity index (χ0) is 17.7. The van der Waals surface area contributed by atoms with Crippen molar-refractivity contribution in [1.29, 1.82) is 0 Å². The normalized spacial score (nSPS) is 16.9. The number of hydrogen-bond donors (Lipinski definition) is 2. The van der Waals surface area contributed by atoms with Crippen molar-refractivity contribution in [3.05, 3.63) is 28.3 Å². The number of rotatable bonds is 7. The Hall–Kier alpha value is -1.71. The zero-order valence-electron chi connectivity index (χ0n) is 13.8. The number of nitrogens with one attached hydrogen (secondary N) is 1. The average Bonchev–Trinajstić information content (AvgIpc) is 2.52. The summed E-state index contributed by atoms with van der Waals surface area (Å²) in [5, 5.41) is 19.2. The fourth-order valence-electron chi connectivity index (χ4n) is 2.95. The van der Waals surface area contributed by atoms with Crippen molar-refractivity contribution in [2.45, 2.75) is 30.6 Å². The third-order valence-corrected chi connectivity index (χ3v) is 5.35. The van der Waals surface area contributed by atoms with Gasteiger partial charge in [-0.15, -0.1) is 0 Å². The number of primary sulfonamides is 1. The lowest BCUT2D eigenvalue weighted by Crippen LogP contribution is -2.30. The highest BCUT2D eigenvalue weighted by Crippen LogP contribution is 2.27. The Morgan fingerprint density at radius 1 is 1.38 bits per heavy atom. The molecule has 0 aromatic heterocycles. The molecule has 0 amide bonds. The predicted molar refractivity (Wildman–Crippen MR) is 92.4 cm³/mol. The lowest BCUT2D eigenvalue weighted by atomic mass is 9.92. The van der Waals surface area contributed by atoms with Crippen LogP contribution in [0, 0.1) is 16.0 Å². The molecule has 0 unspecified atom stereocenters. The molecular formula is C15H24N4O4S. The molecule has 9 heteroatoms. The van der Waals surface area contributed by atoms with Crippen LogP contribution in [0.4, 0.5) is 11.4 Å². The lowest BCUT2D eigenvalue weighted by Gasteiger charge is -2.28. The van der Waals surface area contributed by atoms with Gasteiger partial charge in [-0.1, -0.05) is 0 Å². The van der Waals surface area contributed by atoms with Gasteiger partial charge in [0.1, 0.15) is 5.69 Å². The number of nitrogens with two attached hydrogens (primary N) is 1. The fraction of sp³-hybridized carbons (Fsp3) is 0.600. The molecule has 24 heavy (non-hydrogen) atoms. The molecule has 1 aliphatic rings. The molecule has 1 saturated heterocycles. The van der Waals surface area contributed by atoms with E-state index in [1.165, 1.54) is 25.0 Å². The molecule has 0 spiro atoms. The summed E-state index contributed by atoms with van der Waals surface area (Å²) in [5.74, 6) is 0.711. The summed E-state index contributed by atoms with van der Waals surface area (Å²) in [4.78, 5) is 12.6. The van der Waals surface area contributed by atoms with Gasteiger partial charge in [0.05, 0.1) is 9.82 Å². The van der Waals surface area contributed by atoms with Crippen LogP contribution >= 0.6 is 0 Å². The highest BCUT2D eigenvalue weighted by Gasteiger charge is 2.19. The van der Waals surface area contributed by atoms with Crippen LogP contribution in [-0.2, 0) is 10.0 Å². The number of nitro benzene ring substituents is 1. The second-order valence-electron chi connectivity index (χ2n) is 6.30. The first-order chi connectivity index (χ1) is 11.3. The monoisotopic (exact) mass is 356 g/mol. The molecule has 0 aliphatic carbocycles. The molecular weight excluding hydrogens is 332 g/mol. The maximum Gasteiger partial charge on any atom is 0.293 e. The van der Waals surface area contributed by atoms with E-state index in [0.717, 1.165) is 32.0 Å².